The van der Waals surface area contributed by atoms with E-state index >= 15 is 0 Å². The van der Waals surface area contributed by atoms with Crippen LogP contribution in [-0.2, 0) is 6.54 Å². The zero-order valence-electron chi connectivity index (χ0n) is 13.5. The highest BCUT2D eigenvalue weighted by Gasteiger charge is 2.15. The summed E-state index contributed by atoms with van der Waals surface area (Å²) >= 11 is 1.60. The lowest BCUT2D eigenvalue weighted by Gasteiger charge is -2.22. The van der Waals surface area contributed by atoms with Gasteiger partial charge >= 0.3 is 0 Å². The number of thiophene rings is 1. The van der Waals surface area contributed by atoms with Crippen molar-refractivity contribution in [2.24, 2.45) is 5.92 Å². The highest BCUT2D eigenvalue weighted by Crippen LogP contribution is 2.25. The maximum absolute atomic E-state index is 12.2. The van der Waals surface area contributed by atoms with Gasteiger partial charge in [0, 0.05) is 10.9 Å². The molecule has 0 radical (unpaired) electrons. The van der Waals surface area contributed by atoms with E-state index in [9.17, 15) is 4.79 Å². The van der Waals surface area contributed by atoms with Gasteiger partial charge in [-0.05, 0) is 32.3 Å². The monoisotopic (exact) mass is 307 g/mol. The van der Waals surface area contributed by atoms with Gasteiger partial charge in [0.2, 0.25) is 0 Å². The molecule has 0 aromatic carbocycles. The molecule has 2 heterocycles. The van der Waals surface area contributed by atoms with Crippen LogP contribution in [0.1, 0.15) is 49.9 Å². The van der Waals surface area contributed by atoms with E-state index in [1.54, 1.807) is 11.3 Å². The molecule has 21 heavy (non-hydrogen) atoms. The van der Waals surface area contributed by atoms with Crippen LogP contribution < -0.4 is 10.9 Å². The molecule has 4 nitrogen and oxygen atoms in total. The Bertz CT molecular complexity index is 670. The molecule has 0 spiro atoms. The van der Waals surface area contributed by atoms with Gasteiger partial charge in [-0.25, -0.2) is 4.98 Å². The number of nitrogens with zero attached hydrogens (tertiary/aromatic N) is 1. The summed E-state index contributed by atoms with van der Waals surface area (Å²) in [5.74, 6) is 1.39. The molecular weight excluding hydrogens is 282 g/mol. The molecule has 0 saturated heterocycles. The summed E-state index contributed by atoms with van der Waals surface area (Å²) in [6, 6.07) is 0.424. The van der Waals surface area contributed by atoms with Gasteiger partial charge in [-0.1, -0.05) is 26.7 Å². The van der Waals surface area contributed by atoms with Crippen LogP contribution >= 0.6 is 11.3 Å². The minimum Gasteiger partial charge on any atom is -0.309 e. The summed E-state index contributed by atoms with van der Waals surface area (Å²) in [5.41, 5.74) is 1.03. The molecule has 0 amide bonds. The zero-order chi connectivity index (χ0) is 15.6. The van der Waals surface area contributed by atoms with E-state index in [4.69, 9.17) is 0 Å². The molecule has 2 aromatic heterocycles. The second-order valence-corrected chi connectivity index (χ2v) is 6.93. The van der Waals surface area contributed by atoms with E-state index in [0.717, 1.165) is 34.4 Å². The van der Waals surface area contributed by atoms with E-state index in [2.05, 4.69) is 36.1 Å². The first-order valence-electron chi connectivity index (χ1n) is 7.70. The lowest BCUT2D eigenvalue weighted by molar-refractivity contribution is 0.350. The Hall–Kier alpha value is -1.20. The third-order valence-corrected chi connectivity index (χ3v) is 5.54. The first kappa shape index (κ1) is 16.2. The Labute approximate surface area is 130 Å². The van der Waals surface area contributed by atoms with Crippen LogP contribution in [0.25, 0.3) is 10.2 Å². The quantitative estimate of drug-likeness (QED) is 0.858. The highest BCUT2D eigenvalue weighted by molar-refractivity contribution is 7.18. The van der Waals surface area contributed by atoms with Crippen LogP contribution in [0.5, 0.6) is 0 Å². The normalized spacial score (nSPS) is 13.2. The number of hydrogen-bond donors (Lipinski definition) is 2. The SMILES string of the molecule is CCC(CC)C(C)NCc1nc2sc(C)c(C)c2c(=O)[nH]1. The summed E-state index contributed by atoms with van der Waals surface area (Å²) in [5, 5.41) is 4.23. The van der Waals surface area contributed by atoms with Gasteiger partial charge in [0.15, 0.2) is 0 Å². The number of H-pyrrole nitrogens is 1. The molecule has 0 fully saturated rings. The second-order valence-electron chi connectivity index (χ2n) is 5.72. The van der Waals surface area contributed by atoms with Gasteiger partial charge in [-0.3, -0.25) is 4.79 Å². The van der Waals surface area contributed by atoms with Gasteiger partial charge in [-0.15, -0.1) is 11.3 Å². The van der Waals surface area contributed by atoms with Gasteiger partial charge in [0.1, 0.15) is 10.7 Å². The first-order chi connectivity index (χ1) is 9.97. The molecule has 2 aromatic rings. The molecule has 0 bridgehead atoms. The average Bonchev–Trinajstić information content (AvgIpc) is 2.73. The second kappa shape index (κ2) is 6.71. The van der Waals surface area contributed by atoms with Crippen LogP contribution in [-0.4, -0.2) is 16.0 Å². The number of rotatable bonds is 6. The van der Waals surface area contributed by atoms with Crippen LogP contribution in [0.4, 0.5) is 0 Å². The average molecular weight is 307 g/mol. The Balaban J connectivity index is 2.18. The maximum Gasteiger partial charge on any atom is 0.259 e. The molecule has 0 saturated carbocycles. The fraction of sp³-hybridized carbons (Fsp3) is 0.625. The summed E-state index contributed by atoms with van der Waals surface area (Å²) < 4.78 is 0. The minimum atomic E-state index is -0.0196. The van der Waals surface area contributed by atoms with Gasteiger partial charge in [-0.2, -0.15) is 0 Å². The minimum absolute atomic E-state index is 0.0196. The predicted molar refractivity (Wildman–Crippen MR) is 90.1 cm³/mol. The summed E-state index contributed by atoms with van der Waals surface area (Å²) in [4.78, 5) is 21.7. The number of aryl methyl sites for hydroxylation is 2. The zero-order valence-corrected chi connectivity index (χ0v) is 14.4. The third-order valence-electron chi connectivity index (χ3n) is 4.44. The maximum atomic E-state index is 12.2. The smallest absolute Gasteiger partial charge is 0.259 e. The number of aromatic nitrogens is 2. The van der Waals surface area contributed by atoms with Crippen molar-refractivity contribution in [3.05, 3.63) is 26.6 Å². The third kappa shape index (κ3) is 3.35. The molecule has 2 N–H and O–H groups in total. The molecular formula is C16H25N3OS. The fourth-order valence-corrected chi connectivity index (χ4v) is 3.85. The Morgan fingerprint density at radius 2 is 1.95 bits per heavy atom. The first-order valence-corrected chi connectivity index (χ1v) is 8.51. The van der Waals surface area contributed by atoms with Gasteiger partial charge < -0.3 is 10.3 Å². The molecule has 5 heteroatoms. The largest absolute Gasteiger partial charge is 0.309 e. The molecule has 0 aliphatic carbocycles. The standard InChI is InChI=1S/C16H25N3OS/c1-6-12(7-2)10(4)17-8-13-18-15(20)14-9(3)11(5)21-16(14)19-13/h10,12,17H,6-8H2,1-5H3,(H,18,19,20). The van der Waals surface area contributed by atoms with Crippen molar-refractivity contribution >= 4 is 21.6 Å². The fourth-order valence-electron chi connectivity index (χ4n) is 2.80. The van der Waals surface area contributed by atoms with Crippen molar-refractivity contribution in [2.75, 3.05) is 0 Å². The molecule has 116 valence electrons. The van der Waals surface area contributed by atoms with E-state index < -0.39 is 0 Å². The van der Waals surface area contributed by atoms with Gasteiger partial charge in [0.05, 0.1) is 11.9 Å². The van der Waals surface area contributed by atoms with Crippen molar-refractivity contribution in [1.29, 1.82) is 0 Å². The van der Waals surface area contributed by atoms with Crippen molar-refractivity contribution in [2.45, 2.75) is 60.0 Å². The Morgan fingerprint density at radius 3 is 2.57 bits per heavy atom. The number of fused-ring (bicyclic) bond motifs is 1. The van der Waals surface area contributed by atoms with Crippen LogP contribution in [0, 0.1) is 19.8 Å². The van der Waals surface area contributed by atoms with Crippen LogP contribution in [0.15, 0.2) is 4.79 Å². The summed E-state index contributed by atoms with van der Waals surface area (Å²) in [7, 11) is 0. The number of hydrogen-bond acceptors (Lipinski definition) is 4. The Kier molecular flexibility index (Phi) is 5.17. The van der Waals surface area contributed by atoms with Crippen LogP contribution in [0.3, 0.4) is 0 Å². The van der Waals surface area contributed by atoms with Crippen molar-refractivity contribution in [3.63, 3.8) is 0 Å². The lowest BCUT2D eigenvalue weighted by Crippen LogP contribution is -2.33. The van der Waals surface area contributed by atoms with Crippen molar-refractivity contribution < 1.29 is 0 Å². The number of nitrogens with one attached hydrogen (secondary N) is 2. The molecule has 1 atom stereocenters. The van der Waals surface area contributed by atoms with Gasteiger partial charge in [0.25, 0.3) is 5.56 Å². The summed E-state index contributed by atoms with van der Waals surface area (Å²) in [6.07, 6.45) is 2.33. The van der Waals surface area contributed by atoms with E-state index in [1.807, 2.05) is 13.8 Å². The number of aromatic amines is 1. The molecule has 0 aliphatic rings. The summed E-state index contributed by atoms with van der Waals surface area (Å²) in [6.45, 7) is 11.3. The van der Waals surface area contributed by atoms with Crippen LogP contribution in [0.2, 0.25) is 0 Å². The van der Waals surface area contributed by atoms with Crippen molar-refractivity contribution in [3.8, 4) is 0 Å². The predicted octanol–water partition coefficient (Wildman–Crippen LogP) is 3.52. The van der Waals surface area contributed by atoms with E-state index in [0.29, 0.717) is 18.5 Å². The Morgan fingerprint density at radius 1 is 1.29 bits per heavy atom. The van der Waals surface area contributed by atoms with Crippen molar-refractivity contribution in [1.82, 2.24) is 15.3 Å². The molecule has 2 rings (SSSR count). The van der Waals surface area contributed by atoms with E-state index in [-0.39, 0.29) is 5.56 Å². The molecule has 0 aliphatic heterocycles. The molecule has 1 unspecified atom stereocenters. The topological polar surface area (TPSA) is 57.8 Å². The lowest BCUT2D eigenvalue weighted by atomic mass is 9.95. The van der Waals surface area contributed by atoms with E-state index in [1.165, 1.54) is 4.88 Å². The highest BCUT2D eigenvalue weighted by atomic mass is 32.1.